The zero-order chi connectivity index (χ0) is 14.4. The second-order valence-corrected chi connectivity index (χ2v) is 4.67. The minimum Gasteiger partial charge on any atom is -0.432 e. The lowest BCUT2D eigenvalue weighted by Crippen LogP contribution is -2.14. The predicted molar refractivity (Wildman–Crippen MR) is 69.0 cm³/mol. The maximum Gasteiger partial charge on any atom is 0.387 e. The number of alkyl halides is 2. The van der Waals surface area contributed by atoms with Crippen molar-refractivity contribution in [3.8, 4) is 5.75 Å². The Labute approximate surface area is 111 Å². The van der Waals surface area contributed by atoms with E-state index in [4.69, 9.17) is 5.73 Å². The summed E-state index contributed by atoms with van der Waals surface area (Å²) in [7, 11) is 0. The van der Waals surface area contributed by atoms with Crippen molar-refractivity contribution in [1.82, 2.24) is 0 Å². The molecule has 2 nitrogen and oxygen atoms in total. The number of halogens is 3. The highest BCUT2D eigenvalue weighted by Gasteiger charge is 2.14. The minimum absolute atomic E-state index is 0.0999. The standard InChI is InChI=1S/C14H20F3NO/c1-3-11-7-10(6-4-5-9(2)18)8-12(13(11)15)19-14(16)17/h7-9,14H,3-6,18H2,1-2H3/t9-/m0/s1. The molecule has 0 heterocycles. The summed E-state index contributed by atoms with van der Waals surface area (Å²) in [6.07, 6.45) is 2.78. The largest absolute Gasteiger partial charge is 0.432 e. The van der Waals surface area contributed by atoms with E-state index < -0.39 is 12.4 Å². The van der Waals surface area contributed by atoms with E-state index >= 15 is 0 Å². The fourth-order valence-corrected chi connectivity index (χ4v) is 1.93. The van der Waals surface area contributed by atoms with Crippen molar-refractivity contribution in [2.75, 3.05) is 0 Å². The molecule has 0 radical (unpaired) electrons. The summed E-state index contributed by atoms with van der Waals surface area (Å²) in [4.78, 5) is 0. The molecule has 0 unspecified atom stereocenters. The van der Waals surface area contributed by atoms with Gasteiger partial charge in [-0.1, -0.05) is 13.0 Å². The number of benzene rings is 1. The molecule has 1 atom stereocenters. The van der Waals surface area contributed by atoms with Gasteiger partial charge < -0.3 is 10.5 Å². The highest BCUT2D eigenvalue weighted by atomic mass is 19.3. The topological polar surface area (TPSA) is 35.2 Å². The average molecular weight is 275 g/mol. The van der Waals surface area contributed by atoms with E-state index in [1.807, 2.05) is 6.92 Å². The van der Waals surface area contributed by atoms with Crippen LogP contribution in [-0.2, 0) is 12.8 Å². The fraction of sp³-hybridized carbons (Fsp3) is 0.571. The lowest BCUT2D eigenvalue weighted by atomic mass is 10.0. The Morgan fingerprint density at radius 3 is 2.53 bits per heavy atom. The molecule has 0 aliphatic rings. The maximum atomic E-state index is 13.8. The smallest absolute Gasteiger partial charge is 0.387 e. The van der Waals surface area contributed by atoms with Gasteiger partial charge in [0.05, 0.1) is 0 Å². The van der Waals surface area contributed by atoms with Crippen LogP contribution in [0, 0.1) is 5.82 Å². The number of nitrogens with two attached hydrogens (primary N) is 1. The zero-order valence-electron chi connectivity index (χ0n) is 11.3. The van der Waals surface area contributed by atoms with Gasteiger partial charge in [0.15, 0.2) is 11.6 Å². The van der Waals surface area contributed by atoms with Gasteiger partial charge in [-0.3, -0.25) is 0 Å². The van der Waals surface area contributed by atoms with Crippen LogP contribution in [-0.4, -0.2) is 12.7 Å². The molecule has 0 bridgehead atoms. The van der Waals surface area contributed by atoms with Crippen molar-refractivity contribution < 1.29 is 17.9 Å². The van der Waals surface area contributed by atoms with Crippen LogP contribution in [0.25, 0.3) is 0 Å². The van der Waals surface area contributed by atoms with Crippen LogP contribution in [0.2, 0.25) is 0 Å². The molecule has 0 saturated heterocycles. The maximum absolute atomic E-state index is 13.8. The molecule has 1 aromatic rings. The van der Waals surface area contributed by atoms with Crippen LogP contribution in [0.1, 0.15) is 37.8 Å². The lowest BCUT2D eigenvalue weighted by molar-refractivity contribution is -0.0523. The van der Waals surface area contributed by atoms with Gasteiger partial charge in [0, 0.05) is 6.04 Å². The van der Waals surface area contributed by atoms with Gasteiger partial charge in [-0.25, -0.2) is 4.39 Å². The number of hydrogen-bond donors (Lipinski definition) is 1. The highest BCUT2D eigenvalue weighted by Crippen LogP contribution is 2.26. The monoisotopic (exact) mass is 275 g/mol. The zero-order valence-corrected chi connectivity index (χ0v) is 11.3. The molecule has 5 heteroatoms. The summed E-state index contributed by atoms with van der Waals surface area (Å²) in [5.74, 6) is -1.07. The second kappa shape index (κ2) is 7.38. The molecular weight excluding hydrogens is 255 g/mol. The predicted octanol–water partition coefficient (Wildman–Crippen LogP) is 3.66. The highest BCUT2D eigenvalue weighted by molar-refractivity contribution is 5.36. The third-order valence-corrected chi connectivity index (χ3v) is 2.90. The molecular formula is C14H20F3NO. The number of hydrogen-bond acceptors (Lipinski definition) is 2. The van der Waals surface area contributed by atoms with Crippen LogP contribution in [0.4, 0.5) is 13.2 Å². The van der Waals surface area contributed by atoms with E-state index in [9.17, 15) is 13.2 Å². The average Bonchev–Trinajstić information content (AvgIpc) is 2.31. The summed E-state index contributed by atoms with van der Waals surface area (Å²) in [6.45, 7) is 0.669. The molecule has 0 amide bonds. The van der Waals surface area contributed by atoms with E-state index in [-0.39, 0.29) is 11.8 Å². The fourth-order valence-electron chi connectivity index (χ4n) is 1.93. The first-order valence-electron chi connectivity index (χ1n) is 6.45. The van der Waals surface area contributed by atoms with Gasteiger partial charge in [-0.2, -0.15) is 8.78 Å². The van der Waals surface area contributed by atoms with Crippen molar-refractivity contribution >= 4 is 0 Å². The Bertz CT molecular complexity index is 408. The molecule has 2 N–H and O–H groups in total. The van der Waals surface area contributed by atoms with Crippen molar-refractivity contribution in [2.45, 2.75) is 52.2 Å². The Balaban J connectivity index is 2.86. The van der Waals surface area contributed by atoms with Gasteiger partial charge in [-0.15, -0.1) is 0 Å². The van der Waals surface area contributed by atoms with Crippen molar-refractivity contribution in [2.24, 2.45) is 5.73 Å². The van der Waals surface area contributed by atoms with Crippen LogP contribution >= 0.6 is 0 Å². The molecule has 0 aromatic heterocycles. The van der Waals surface area contributed by atoms with Gasteiger partial charge >= 0.3 is 6.61 Å². The summed E-state index contributed by atoms with van der Waals surface area (Å²) in [5, 5.41) is 0. The van der Waals surface area contributed by atoms with Crippen LogP contribution in [0.5, 0.6) is 5.75 Å². The molecule has 19 heavy (non-hydrogen) atoms. The Morgan fingerprint density at radius 2 is 2.00 bits per heavy atom. The Kier molecular flexibility index (Phi) is 6.15. The van der Waals surface area contributed by atoms with Crippen LogP contribution in [0.15, 0.2) is 12.1 Å². The van der Waals surface area contributed by atoms with E-state index in [1.54, 1.807) is 13.0 Å². The summed E-state index contributed by atoms with van der Waals surface area (Å²) in [5.41, 5.74) is 6.85. The third-order valence-electron chi connectivity index (χ3n) is 2.90. The first-order valence-corrected chi connectivity index (χ1v) is 6.45. The van der Waals surface area contributed by atoms with E-state index in [0.29, 0.717) is 18.4 Å². The number of rotatable bonds is 7. The molecule has 0 aliphatic carbocycles. The second-order valence-electron chi connectivity index (χ2n) is 4.67. The first-order chi connectivity index (χ1) is 8.93. The van der Waals surface area contributed by atoms with Crippen molar-refractivity contribution in [3.63, 3.8) is 0 Å². The Morgan fingerprint density at radius 1 is 1.32 bits per heavy atom. The van der Waals surface area contributed by atoms with Gasteiger partial charge in [0.2, 0.25) is 0 Å². The quantitative estimate of drug-likeness (QED) is 0.824. The van der Waals surface area contributed by atoms with Crippen molar-refractivity contribution in [1.29, 1.82) is 0 Å². The van der Waals surface area contributed by atoms with Gasteiger partial charge in [0.25, 0.3) is 0 Å². The molecule has 1 rings (SSSR count). The first kappa shape index (κ1) is 15.8. The van der Waals surface area contributed by atoms with Crippen LogP contribution < -0.4 is 10.5 Å². The molecule has 1 aromatic carbocycles. The SMILES string of the molecule is CCc1cc(CCC[C@H](C)N)cc(OC(F)F)c1F. The van der Waals surface area contributed by atoms with Crippen LogP contribution in [0.3, 0.4) is 0 Å². The Hall–Kier alpha value is -1.23. The summed E-state index contributed by atoms with van der Waals surface area (Å²) in [6, 6.07) is 3.15. The van der Waals surface area contributed by atoms with E-state index in [0.717, 1.165) is 18.4 Å². The number of ether oxygens (including phenoxy) is 1. The van der Waals surface area contributed by atoms with Gasteiger partial charge in [-0.05, 0) is 49.8 Å². The molecule has 0 aliphatic heterocycles. The lowest BCUT2D eigenvalue weighted by Gasteiger charge is -2.12. The normalized spacial score (nSPS) is 12.8. The third kappa shape index (κ3) is 5.11. The summed E-state index contributed by atoms with van der Waals surface area (Å²) < 4.78 is 42.4. The molecule has 0 spiro atoms. The van der Waals surface area contributed by atoms with Gasteiger partial charge in [0.1, 0.15) is 0 Å². The van der Waals surface area contributed by atoms with Crippen molar-refractivity contribution in [3.05, 3.63) is 29.1 Å². The minimum atomic E-state index is -3.02. The van der Waals surface area contributed by atoms with E-state index in [2.05, 4.69) is 4.74 Å². The molecule has 108 valence electrons. The molecule has 0 fully saturated rings. The van der Waals surface area contributed by atoms with E-state index in [1.165, 1.54) is 6.07 Å². The number of aryl methyl sites for hydroxylation is 2. The summed E-state index contributed by atoms with van der Waals surface area (Å²) >= 11 is 0. The molecule has 0 saturated carbocycles.